The average molecular weight is 279 g/mol. The number of hydrogen-bond acceptors (Lipinski definition) is 4. The van der Waals surface area contributed by atoms with Crippen LogP contribution in [0, 0.1) is 0 Å². The van der Waals surface area contributed by atoms with Gasteiger partial charge < -0.3 is 10.0 Å². The number of ketones is 1. The Morgan fingerprint density at radius 3 is 2.53 bits per heavy atom. The fraction of sp³-hybridized carbons (Fsp3) is 0.400. The molecule has 0 aromatic heterocycles. The van der Waals surface area contributed by atoms with E-state index >= 15 is 0 Å². The Bertz CT molecular complexity index is 413. The van der Waals surface area contributed by atoms with E-state index in [0.29, 0.717) is 5.56 Å². The van der Waals surface area contributed by atoms with Gasteiger partial charge in [-0.1, -0.05) is 0 Å². The third-order valence-corrected chi connectivity index (χ3v) is 3.58. The number of allylic oxidation sites excluding steroid dienone is 1. The zero-order chi connectivity index (χ0) is 14.1. The summed E-state index contributed by atoms with van der Waals surface area (Å²) in [5.41, 5.74) is 0.706. The molecule has 0 saturated carbocycles. The van der Waals surface area contributed by atoms with Crippen LogP contribution in [-0.4, -0.2) is 42.2 Å². The van der Waals surface area contributed by atoms with E-state index in [1.807, 2.05) is 43.3 Å². The lowest BCUT2D eigenvalue weighted by molar-refractivity contribution is 0.104. The Morgan fingerprint density at radius 2 is 1.95 bits per heavy atom. The van der Waals surface area contributed by atoms with E-state index in [1.165, 1.54) is 0 Å². The van der Waals surface area contributed by atoms with Crippen LogP contribution in [0.4, 0.5) is 0 Å². The second kappa shape index (κ2) is 8.77. The van der Waals surface area contributed by atoms with Gasteiger partial charge in [-0.3, -0.25) is 4.79 Å². The van der Waals surface area contributed by atoms with Gasteiger partial charge in [0, 0.05) is 43.4 Å². The maximum atomic E-state index is 11.8. The third kappa shape index (κ3) is 6.45. The summed E-state index contributed by atoms with van der Waals surface area (Å²) in [6.07, 6.45) is 5.18. The number of unbranched alkanes of at least 4 members (excludes halogenated alkanes) is 1. The van der Waals surface area contributed by atoms with Gasteiger partial charge in [-0.05, 0) is 42.9 Å². The highest BCUT2D eigenvalue weighted by atomic mass is 32.2. The minimum Gasteiger partial charge on any atom is -0.396 e. The predicted molar refractivity (Wildman–Crippen MR) is 80.6 cm³/mol. The molecule has 1 N–H and O–H groups in total. The molecule has 1 aromatic rings. The van der Waals surface area contributed by atoms with E-state index in [0.717, 1.165) is 23.5 Å². The molecule has 0 aliphatic heterocycles. The molecule has 0 atom stereocenters. The van der Waals surface area contributed by atoms with Crippen molar-refractivity contribution in [1.82, 2.24) is 4.90 Å². The largest absolute Gasteiger partial charge is 0.396 e. The topological polar surface area (TPSA) is 40.5 Å². The van der Waals surface area contributed by atoms with Crippen LogP contribution in [0.3, 0.4) is 0 Å². The van der Waals surface area contributed by atoms with E-state index in [4.69, 9.17) is 5.11 Å². The highest BCUT2D eigenvalue weighted by molar-refractivity contribution is 7.99. The number of hydrogen-bond donors (Lipinski definition) is 1. The number of rotatable bonds is 8. The Morgan fingerprint density at radius 1 is 1.26 bits per heavy atom. The van der Waals surface area contributed by atoms with E-state index in [9.17, 15) is 4.79 Å². The van der Waals surface area contributed by atoms with Crippen LogP contribution in [0.2, 0.25) is 0 Å². The number of thioether (sulfide) groups is 1. The first-order chi connectivity index (χ1) is 9.13. The number of carbonyl (C=O) groups is 1. The summed E-state index contributed by atoms with van der Waals surface area (Å²) >= 11 is 1.75. The third-order valence-electron chi connectivity index (χ3n) is 2.48. The fourth-order valence-electron chi connectivity index (χ4n) is 1.43. The molecule has 0 amide bonds. The SMILES string of the molecule is CN(C)C=CC(=O)c1ccc(SCCCCO)cc1. The van der Waals surface area contributed by atoms with Gasteiger partial charge in [0.15, 0.2) is 5.78 Å². The van der Waals surface area contributed by atoms with Gasteiger partial charge in [0.2, 0.25) is 0 Å². The van der Waals surface area contributed by atoms with Crippen molar-refractivity contribution in [3.63, 3.8) is 0 Å². The van der Waals surface area contributed by atoms with E-state index in [2.05, 4.69) is 0 Å². The Labute approximate surface area is 119 Å². The highest BCUT2D eigenvalue weighted by Gasteiger charge is 2.02. The van der Waals surface area contributed by atoms with Crippen LogP contribution in [0.1, 0.15) is 23.2 Å². The Balaban J connectivity index is 2.49. The zero-order valence-corrected chi connectivity index (χ0v) is 12.3. The minimum atomic E-state index is 0.0190. The van der Waals surface area contributed by atoms with Crippen molar-refractivity contribution in [2.24, 2.45) is 0 Å². The number of benzene rings is 1. The number of nitrogens with zero attached hydrogens (tertiary/aromatic N) is 1. The summed E-state index contributed by atoms with van der Waals surface area (Å²) in [5.74, 6) is 1.01. The van der Waals surface area contributed by atoms with E-state index in [-0.39, 0.29) is 12.4 Å². The number of aliphatic hydroxyl groups is 1. The van der Waals surface area contributed by atoms with Crippen molar-refractivity contribution in [1.29, 1.82) is 0 Å². The van der Waals surface area contributed by atoms with Gasteiger partial charge in [-0.25, -0.2) is 0 Å². The van der Waals surface area contributed by atoms with Crippen LogP contribution < -0.4 is 0 Å². The molecule has 0 aliphatic rings. The van der Waals surface area contributed by atoms with Crippen LogP contribution in [0.5, 0.6) is 0 Å². The minimum absolute atomic E-state index is 0.0190. The molecule has 0 unspecified atom stereocenters. The van der Waals surface area contributed by atoms with Crippen molar-refractivity contribution in [3.05, 3.63) is 42.1 Å². The molecule has 0 fully saturated rings. The summed E-state index contributed by atoms with van der Waals surface area (Å²) in [4.78, 5) is 14.8. The summed E-state index contributed by atoms with van der Waals surface area (Å²) in [6, 6.07) is 7.66. The lowest BCUT2D eigenvalue weighted by Gasteiger charge is -2.04. The lowest BCUT2D eigenvalue weighted by atomic mass is 10.1. The molecule has 0 spiro atoms. The van der Waals surface area contributed by atoms with Crippen LogP contribution in [-0.2, 0) is 0 Å². The van der Waals surface area contributed by atoms with Crippen molar-refractivity contribution in [2.75, 3.05) is 26.5 Å². The number of aliphatic hydroxyl groups excluding tert-OH is 1. The molecule has 3 nitrogen and oxygen atoms in total. The maximum Gasteiger partial charge on any atom is 0.187 e. The summed E-state index contributed by atoms with van der Waals surface area (Å²) in [7, 11) is 3.77. The van der Waals surface area contributed by atoms with Gasteiger partial charge in [0.05, 0.1) is 0 Å². The van der Waals surface area contributed by atoms with E-state index in [1.54, 1.807) is 24.0 Å². The zero-order valence-electron chi connectivity index (χ0n) is 11.5. The average Bonchev–Trinajstić information content (AvgIpc) is 2.41. The first-order valence-electron chi connectivity index (χ1n) is 6.36. The molecule has 0 saturated heterocycles. The smallest absolute Gasteiger partial charge is 0.187 e. The van der Waals surface area contributed by atoms with Gasteiger partial charge in [0.25, 0.3) is 0 Å². The van der Waals surface area contributed by atoms with Crippen LogP contribution in [0.25, 0.3) is 0 Å². The first-order valence-corrected chi connectivity index (χ1v) is 7.34. The predicted octanol–water partition coefficient (Wildman–Crippen LogP) is 2.81. The first kappa shape index (κ1) is 15.8. The van der Waals surface area contributed by atoms with Crippen molar-refractivity contribution < 1.29 is 9.90 Å². The van der Waals surface area contributed by atoms with Gasteiger partial charge in [-0.2, -0.15) is 0 Å². The fourth-order valence-corrected chi connectivity index (χ4v) is 2.35. The standard InChI is InChI=1S/C15H21NO2S/c1-16(2)10-9-15(18)13-5-7-14(8-6-13)19-12-4-3-11-17/h5-10,17H,3-4,11-12H2,1-2H3. The summed E-state index contributed by atoms with van der Waals surface area (Å²) < 4.78 is 0. The molecule has 19 heavy (non-hydrogen) atoms. The molecule has 104 valence electrons. The van der Waals surface area contributed by atoms with Crippen molar-refractivity contribution >= 4 is 17.5 Å². The normalized spacial score (nSPS) is 10.9. The molecular formula is C15H21NO2S. The molecule has 0 heterocycles. The van der Waals surface area contributed by atoms with Crippen molar-refractivity contribution in [3.8, 4) is 0 Å². The monoisotopic (exact) mass is 279 g/mol. The lowest BCUT2D eigenvalue weighted by Crippen LogP contribution is -2.03. The van der Waals surface area contributed by atoms with Crippen LogP contribution in [0.15, 0.2) is 41.4 Å². The molecule has 4 heteroatoms. The van der Waals surface area contributed by atoms with E-state index < -0.39 is 0 Å². The van der Waals surface area contributed by atoms with Gasteiger partial charge in [0.1, 0.15) is 0 Å². The quantitative estimate of drug-likeness (QED) is 0.344. The van der Waals surface area contributed by atoms with Crippen LogP contribution >= 0.6 is 11.8 Å². The summed E-state index contributed by atoms with van der Waals surface area (Å²) in [6.45, 7) is 0.256. The molecule has 0 radical (unpaired) electrons. The molecule has 0 aliphatic carbocycles. The molecule has 0 bridgehead atoms. The second-order valence-electron chi connectivity index (χ2n) is 4.45. The van der Waals surface area contributed by atoms with Gasteiger partial charge >= 0.3 is 0 Å². The Kier molecular flexibility index (Phi) is 7.30. The second-order valence-corrected chi connectivity index (χ2v) is 5.62. The molecule has 1 rings (SSSR count). The Hall–Kier alpha value is -1.26. The number of carbonyl (C=O) groups excluding carboxylic acids is 1. The van der Waals surface area contributed by atoms with Gasteiger partial charge in [-0.15, -0.1) is 11.8 Å². The summed E-state index contributed by atoms with van der Waals surface area (Å²) in [5, 5.41) is 8.69. The molecular weight excluding hydrogens is 258 g/mol. The maximum absolute atomic E-state index is 11.8. The molecule has 1 aromatic carbocycles. The van der Waals surface area contributed by atoms with Crippen molar-refractivity contribution in [2.45, 2.75) is 17.7 Å². The highest BCUT2D eigenvalue weighted by Crippen LogP contribution is 2.20.